The van der Waals surface area contributed by atoms with Gasteiger partial charge in [-0.05, 0) is 38.8 Å². The number of carbonyl (C=O) groups is 2. The third kappa shape index (κ3) is 31.2. The highest BCUT2D eigenvalue weighted by molar-refractivity contribution is 6.62. The summed E-state index contributed by atoms with van der Waals surface area (Å²) in [4.78, 5) is 31.7. The van der Waals surface area contributed by atoms with Crippen molar-refractivity contribution in [2.75, 3.05) is 13.2 Å². The highest BCUT2D eigenvalue weighted by Gasteiger charge is 2.17. The molecule has 192 valence electrons. The molecule has 0 aliphatic heterocycles. The summed E-state index contributed by atoms with van der Waals surface area (Å²) in [7, 11) is -2.58. The number of hydrogen-bond acceptors (Lipinski definition) is 7. The van der Waals surface area contributed by atoms with Gasteiger partial charge in [0.15, 0.2) is 0 Å². The van der Waals surface area contributed by atoms with Crippen molar-refractivity contribution in [3.8, 4) is 0 Å². The molecule has 0 atom stereocenters. The van der Waals surface area contributed by atoms with E-state index in [-0.39, 0.29) is 11.9 Å². The molecule has 2 N–H and O–H groups in total. The van der Waals surface area contributed by atoms with Gasteiger partial charge in [0.05, 0.1) is 13.2 Å². The third-order valence-corrected chi connectivity index (χ3v) is 5.20. The molecule has 0 aliphatic rings. The second-order valence-electron chi connectivity index (χ2n) is 8.72. The molecule has 0 rings (SSSR count). The molecule has 0 heterocycles. The van der Waals surface area contributed by atoms with Crippen molar-refractivity contribution < 1.29 is 33.7 Å². The summed E-state index contributed by atoms with van der Waals surface area (Å²) in [5, 5.41) is 7.71. The molecule has 0 fully saturated rings. The Balaban J connectivity index is 0. The first-order valence-electron chi connectivity index (χ1n) is 12.6. The first kappa shape index (κ1) is 33.2. The fourth-order valence-corrected chi connectivity index (χ4v) is 2.82. The summed E-state index contributed by atoms with van der Waals surface area (Å²) >= 11 is 0. The average Bonchev–Trinajstić information content (AvgIpc) is 2.75. The molecule has 0 amide bonds. The summed E-state index contributed by atoms with van der Waals surface area (Å²) in [6.45, 7) is 8.41. The van der Waals surface area contributed by atoms with Crippen molar-refractivity contribution in [2.24, 2.45) is 0 Å². The minimum Gasteiger partial charge on any atom is -0.466 e. The molecule has 0 aromatic carbocycles. The molecule has 7 nitrogen and oxygen atoms in total. The Morgan fingerprint density at radius 3 is 1.25 bits per heavy atom. The van der Waals surface area contributed by atoms with Crippen molar-refractivity contribution in [3.05, 3.63) is 0 Å². The quantitative estimate of drug-likeness (QED) is 0.0674. The molecule has 0 aromatic heterocycles. The van der Waals surface area contributed by atoms with Gasteiger partial charge in [-0.15, -0.1) is 0 Å². The van der Waals surface area contributed by atoms with E-state index >= 15 is 0 Å². The topological polar surface area (TPSA) is 102 Å². The molecule has 0 radical (unpaired) electrons. The Morgan fingerprint density at radius 2 is 0.938 bits per heavy atom. The minimum absolute atomic E-state index is 0.140. The van der Waals surface area contributed by atoms with Crippen LogP contribution in [0.2, 0.25) is 13.1 Å². The lowest BCUT2D eigenvalue weighted by Crippen LogP contribution is -2.27. The van der Waals surface area contributed by atoms with Crippen LogP contribution in [0.3, 0.4) is 0 Å². The summed E-state index contributed by atoms with van der Waals surface area (Å²) in [5.41, 5.74) is 0. The van der Waals surface area contributed by atoms with Crippen LogP contribution in [0.1, 0.15) is 117 Å². The van der Waals surface area contributed by atoms with E-state index in [4.69, 9.17) is 19.5 Å². The maximum absolute atomic E-state index is 11.6. The van der Waals surface area contributed by atoms with Crippen LogP contribution in [-0.4, -0.2) is 43.8 Å². The molecule has 0 aromatic rings. The zero-order valence-corrected chi connectivity index (χ0v) is 22.2. The predicted molar refractivity (Wildman–Crippen MR) is 131 cm³/mol. The molecule has 0 saturated carbocycles. The van der Waals surface area contributed by atoms with E-state index in [1.54, 1.807) is 0 Å². The Hall–Kier alpha value is -0.963. The highest BCUT2D eigenvalue weighted by atomic mass is 28.4. The molecule has 0 aliphatic carbocycles. The monoisotopic (exact) mass is 478 g/mol. The summed E-state index contributed by atoms with van der Waals surface area (Å²) < 4.78 is 14.1. The van der Waals surface area contributed by atoms with Gasteiger partial charge in [0.25, 0.3) is 0 Å². The Labute approximate surface area is 197 Å². The summed E-state index contributed by atoms with van der Waals surface area (Å²) in [6, 6.07) is 0. The van der Waals surface area contributed by atoms with Gasteiger partial charge in [0, 0.05) is 12.8 Å². The van der Waals surface area contributed by atoms with Crippen LogP contribution in [0.25, 0.3) is 0 Å². The summed E-state index contributed by atoms with van der Waals surface area (Å²) in [5.74, 6) is -0.280. The first-order valence-corrected chi connectivity index (χ1v) is 15.5. The van der Waals surface area contributed by atoms with Gasteiger partial charge in [0.2, 0.25) is 0 Å². The van der Waals surface area contributed by atoms with E-state index in [1.165, 1.54) is 64.5 Å². The smallest absolute Gasteiger partial charge is 0.366 e. The molecule has 0 bridgehead atoms. The van der Waals surface area contributed by atoms with Crippen molar-refractivity contribution in [3.63, 3.8) is 0 Å². The SMILES string of the molecule is CCCCCCCCOC(=O)CCCCC(=O)OCCCCCCCC.C[Si](C)(O)OO. The normalized spacial score (nSPS) is 10.9. The van der Waals surface area contributed by atoms with Gasteiger partial charge in [-0.3, -0.25) is 19.4 Å². The van der Waals surface area contributed by atoms with Crippen LogP contribution in [-0.2, 0) is 23.6 Å². The molecular weight excluding hydrogens is 428 g/mol. The number of hydrogen-bond donors (Lipinski definition) is 2. The standard InChI is InChI=1S/C22H42O4.C2H8O3Si/c1-3-5-7-9-11-15-19-25-21(23)17-13-14-18-22(24)26-20-16-12-10-8-6-4-2;1-6(2,4)5-3/h3-20H2,1-2H3;3-4H,1-2H3. The Bertz CT molecular complexity index is 393. The van der Waals surface area contributed by atoms with Gasteiger partial charge >= 0.3 is 20.5 Å². The van der Waals surface area contributed by atoms with E-state index in [9.17, 15) is 9.59 Å². The van der Waals surface area contributed by atoms with Crippen LogP contribution >= 0.6 is 0 Å². The molecule has 0 saturated heterocycles. The zero-order chi connectivity index (χ0) is 24.5. The number of unbranched alkanes of at least 4 members (excludes halogenated alkanes) is 11. The number of rotatable bonds is 20. The van der Waals surface area contributed by atoms with Crippen LogP contribution in [0.15, 0.2) is 0 Å². The Morgan fingerprint density at radius 1 is 0.625 bits per heavy atom. The van der Waals surface area contributed by atoms with Crippen LogP contribution in [0, 0.1) is 0 Å². The lowest BCUT2D eigenvalue weighted by molar-refractivity contribution is -0.164. The lowest BCUT2D eigenvalue weighted by atomic mass is 10.1. The largest absolute Gasteiger partial charge is 0.466 e. The van der Waals surface area contributed by atoms with Crippen molar-refractivity contribution >= 4 is 20.5 Å². The second-order valence-corrected chi connectivity index (χ2v) is 11.8. The molecule has 8 heteroatoms. The van der Waals surface area contributed by atoms with Gasteiger partial charge < -0.3 is 14.3 Å². The van der Waals surface area contributed by atoms with Crippen LogP contribution in [0.5, 0.6) is 0 Å². The highest BCUT2D eigenvalue weighted by Crippen LogP contribution is 2.08. The molecule has 0 unspecified atom stereocenters. The molecular formula is C24H50O7Si. The maximum atomic E-state index is 11.6. The fraction of sp³-hybridized carbons (Fsp3) is 0.917. The van der Waals surface area contributed by atoms with Crippen LogP contribution in [0.4, 0.5) is 0 Å². The van der Waals surface area contributed by atoms with Gasteiger partial charge in [-0.2, -0.15) is 0 Å². The van der Waals surface area contributed by atoms with Crippen LogP contribution < -0.4 is 0 Å². The maximum Gasteiger partial charge on any atom is 0.366 e. The van der Waals surface area contributed by atoms with E-state index in [1.807, 2.05) is 0 Å². The van der Waals surface area contributed by atoms with E-state index < -0.39 is 8.56 Å². The second kappa shape index (κ2) is 24.7. The lowest BCUT2D eigenvalue weighted by Gasteiger charge is -2.06. The summed E-state index contributed by atoms with van der Waals surface area (Å²) in [6.07, 6.45) is 16.5. The minimum atomic E-state index is -2.58. The Kier molecular flexibility index (Phi) is 25.6. The zero-order valence-electron chi connectivity index (χ0n) is 21.2. The van der Waals surface area contributed by atoms with Gasteiger partial charge in [-0.25, -0.2) is 0 Å². The van der Waals surface area contributed by atoms with Crippen molar-refractivity contribution in [2.45, 2.75) is 130 Å². The van der Waals surface area contributed by atoms with E-state index in [0.29, 0.717) is 38.9 Å². The number of ether oxygens (including phenoxy) is 2. The average molecular weight is 479 g/mol. The third-order valence-electron chi connectivity index (χ3n) is 4.76. The number of esters is 2. The predicted octanol–water partition coefficient (Wildman–Crippen LogP) is 6.52. The first-order chi connectivity index (χ1) is 15.3. The van der Waals surface area contributed by atoms with Crippen molar-refractivity contribution in [1.29, 1.82) is 0 Å². The number of carbonyl (C=O) groups excluding carboxylic acids is 2. The van der Waals surface area contributed by atoms with E-state index in [2.05, 4.69) is 18.4 Å². The van der Waals surface area contributed by atoms with Gasteiger partial charge in [-0.1, -0.05) is 78.1 Å². The van der Waals surface area contributed by atoms with Gasteiger partial charge in [0.1, 0.15) is 0 Å². The molecule has 0 spiro atoms. The fourth-order valence-electron chi connectivity index (χ4n) is 2.82. The molecule has 32 heavy (non-hydrogen) atoms. The van der Waals surface area contributed by atoms with E-state index in [0.717, 1.165) is 25.7 Å². The van der Waals surface area contributed by atoms with Crippen molar-refractivity contribution in [1.82, 2.24) is 0 Å².